The average Bonchev–Trinajstić information content (AvgIpc) is 2.63. The number of ether oxygens (including phenoxy) is 2. The van der Waals surface area contributed by atoms with E-state index >= 15 is 0 Å². The number of hydrogen-bond donors (Lipinski definition) is 0. The molecule has 0 bridgehead atoms. The van der Waals surface area contributed by atoms with Crippen LogP contribution >= 0.6 is 0 Å². The third kappa shape index (κ3) is 3.58. The van der Waals surface area contributed by atoms with Crippen LogP contribution in [-0.2, 0) is 9.59 Å². The zero-order valence-electron chi connectivity index (χ0n) is 15.0. The summed E-state index contributed by atoms with van der Waals surface area (Å²) in [5.41, 5.74) is 0.484. The van der Waals surface area contributed by atoms with E-state index in [2.05, 4.69) is 13.2 Å². The van der Waals surface area contributed by atoms with Gasteiger partial charge in [-0.05, 0) is 54.3 Å². The van der Waals surface area contributed by atoms with Crippen molar-refractivity contribution in [1.29, 1.82) is 0 Å². The molecule has 0 radical (unpaired) electrons. The van der Waals surface area contributed by atoms with Crippen LogP contribution < -0.4 is 9.47 Å². The van der Waals surface area contributed by atoms with E-state index < -0.39 is 17.8 Å². The topological polar surface area (TPSA) is 52.6 Å². The average molecular weight is 364 g/mol. The lowest BCUT2D eigenvalue weighted by Gasteiger charge is -2.10. The molecule has 0 fully saturated rings. The Balaban J connectivity index is 2.05. The molecule has 0 atom stereocenters. The summed E-state index contributed by atoms with van der Waals surface area (Å²) < 4.78 is 25.0. The van der Waals surface area contributed by atoms with E-state index in [1.165, 1.54) is 13.0 Å². The van der Waals surface area contributed by atoms with Gasteiger partial charge in [-0.2, -0.15) is 0 Å². The first-order valence-corrected chi connectivity index (χ1v) is 8.18. The van der Waals surface area contributed by atoms with Crippen LogP contribution in [0.3, 0.4) is 0 Å². The molecule has 27 heavy (non-hydrogen) atoms. The van der Waals surface area contributed by atoms with E-state index in [-0.39, 0.29) is 11.3 Å². The third-order valence-corrected chi connectivity index (χ3v) is 4.00. The van der Waals surface area contributed by atoms with Gasteiger partial charge < -0.3 is 9.47 Å². The summed E-state index contributed by atoms with van der Waals surface area (Å²) in [6, 6.07) is 11.5. The second-order valence-electron chi connectivity index (χ2n) is 6.26. The van der Waals surface area contributed by atoms with E-state index in [9.17, 15) is 14.0 Å². The molecule has 3 aromatic rings. The Morgan fingerprint density at radius 3 is 2.07 bits per heavy atom. The summed E-state index contributed by atoms with van der Waals surface area (Å²) in [4.78, 5) is 23.3. The molecule has 3 aromatic carbocycles. The van der Waals surface area contributed by atoms with Crippen LogP contribution in [0.4, 0.5) is 4.39 Å². The minimum Gasteiger partial charge on any atom is -0.423 e. The van der Waals surface area contributed by atoms with E-state index in [1.54, 1.807) is 43.3 Å². The molecule has 0 unspecified atom stereocenters. The van der Waals surface area contributed by atoms with Crippen molar-refractivity contribution in [1.82, 2.24) is 0 Å². The van der Waals surface area contributed by atoms with Crippen molar-refractivity contribution in [3.05, 3.63) is 72.6 Å². The highest BCUT2D eigenvalue weighted by atomic mass is 19.1. The summed E-state index contributed by atoms with van der Waals surface area (Å²) in [7, 11) is 0. The molecule has 0 N–H and O–H groups in total. The number of hydrogen-bond acceptors (Lipinski definition) is 4. The molecule has 0 saturated heterocycles. The minimum absolute atomic E-state index is 0.151. The largest absolute Gasteiger partial charge is 0.423 e. The first-order chi connectivity index (χ1) is 12.8. The lowest BCUT2D eigenvalue weighted by Crippen LogP contribution is -2.09. The van der Waals surface area contributed by atoms with E-state index in [0.29, 0.717) is 22.1 Å². The highest BCUT2D eigenvalue weighted by Crippen LogP contribution is 2.33. The van der Waals surface area contributed by atoms with Crippen LogP contribution in [-0.4, -0.2) is 11.9 Å². The quantitative estimate of drug-likeness (QED) is 0.280. The number of benzene rings is 3. The molecule has 4 nitrogen and oxygen atoms in total. The molecule has 0 heterocycles. The van der Waals surface area contributed by atoms with E-state index in [1.807, 2.05) is 0 Å². The fourth-order valence-electron chi connectivity index (χ4n) is 2.59. The maximum atomic E-state index is 14.8. The number of halogens is 1. The van der Waals surface area contributed by atoms with Gasteiger partial charge in [0.1, 0.15) is 5.75 Å². The standard InChI is InChI=1S/C22H17FO4/c1-12(2)21(24)26-15-6-8-16-14(11-15)5-7-18-17(16)9-10-19(20(18)23)27-22(25)13(3)4/h5-11H,1,3H2,2,4H3. The van der Waals surface area contributed by atoms with Gasteiger partial charge in [-0.1, -0.05) is 31.4 Å². The van der Waals surface area contributed by atoms with Crippen molar-refractivity contribution in [2.75, 3.05) is 0 Å². The number of carbonyl (C=O) groups is 2. The summed E-state index contributed by atoms with van der Waals surface area (Å²) >= 11 is 0. The van der Waals surface area contributed by atoms with Crippen molar-refractivity contribution >= 4 is 33.5 Å². The number of fused-ring (bicyclic) bond motifs is 3. The van der Waals surface area contributed by atoms with Gasteiger partial charge >= 0.3 is 11.9 Å². The molecule has 0 amide bonds. The molecule has 0 aliphatic heterocycles. The van der Waals surface area contributed by atoms with Gasteiger partial charge in [-0.25, -0.2) is 14.0 Å². The molecule has 136 valence electrons. The van der Waals surface area contributed by atoms with Gasteiger partial charge in [-0.15, -0.1) is 0 Å². The van der Waals surface area contributed by atoms with E-state index in [4.69, 9.17) is 9.47 Å². The molecule has 5 heteroatoms. The Hall–Kier alpha value is -3.47. The first-order valence-electron chi connectivity index (χ1n) is 8.18. The Labute approximate surface area is 155 Å². The van der Waals surface area contributed by atoms with Gasteiger partial charge in [-0.3, -0.25) is 0 Å². The number of carbonyl (C=O) groups excluding carboxylic acids is 2. The molecule has 3 rings (SSSR count). The van der Waals surface area contributed by atoms with Crippen molar-refractivity contribution in [3.63, 3.8) is 0 Å². The second-order valence-corrected chi connectivity index (χ2v) is 6.26. The molecule has 0 aliphatic rings. The molecule has 0 aromatic heterocycles. The fraction of sp³-hybridized carbons (Fsp3) is 0.0909. The van der Waals surface area contributed by atoms with E-state index in [0.717, 1.165) is 10.8 Å². The summed E-state index contributed by atoms with van der Waals surface area (Å²) in [5.74, 6) is -1.59. The lowest BCUT2D eigenvalue weighted by atomic mass is 10.0. The van der Waals surface area contributed by atoms with Gasteiger partial charge in [0, 0.05) is 16.5 Å². The maximum absolute atomic E-state index is 14.8. The lowest BCUT2D eigenvalue weighted by molar-refractivity contribution is -0.131. The van der Waals surface area contributed by atoms with Gasteiger partial charge in [0.05, 0.1) is 0 Å². The van der Waals surface area contributed by atoms with Crippen LogP contribution in [0, 0.1) is 5.82 Å². The molecule has 0 saturated carbocycles. The first kappa shape index (κ1) is 18.3. The SMILES string of the molecule is C=C(C)C(=O)Oc1ccc2c(ccc3c(F)c(OC(=O)C(=C)C)ccc32)c1. The van der Waals surface area contributed by atoms with Crippen LogP contribution in [0.25, 0.3) is 21.5 Å². The minimum atomic E-state index is -0.682. The molecule has 0 aliphatic carbocycles. The highest BCUT2D eigenvalue weighted by Gasteiger charge is 2.15. The van der Waals surface area contributed by atoms with Crippen LogP contribution in [0.2, 0.25) is 0 Å². The normalized spacial score (nSPS) is 10.6. The summed E-state index contributed by atoms with van der Waals surface area (Å²) in [6.45, 7) is 10.1. The fourth-order valence-corrected chi connectivity index (χ4v) is 2.59. The van der Waals surface area contributed by atoms with Crippen molar-refractivity contribution in [3.8, 4) is 11.5 Å². The third-order valence-electron chi connectivity index (χ3n) is 4.00. The summed E-state index contributed by atoms with van der Waals surface area (Å²) in [6.07, 6.45) is 0. The molecular weight excluding hydrogens is 347 g/mol. The molecular formula is C22H17FO4. The predicted molar refractivity (Wildman–Crippen MR) is 102 cm³/mol. The number of esters is 2. The Morgan fingerprint density at radius 2 is 1.41 bits per heavy atom. The Morgan fingerprint density at radius 1 is 0.815 bits per heavy atom. The van der Waals surface area contributed by atoms with Crippen molar-refractivity contribution in [2.24, 2.45) is 0 Å². The monoisotopic (exact) mass is 364 g/mol. The zero-order valence-corrected chi connectivity index (χ0v) is 15.0. The summed E-state index contributed by atoms with van der Waals surface area (Å²) in [5, 5.41) is 2.53. The molecule has 0 spiro atoms. The zero-order chi connectivity index (χ0) is 19.7. The highest BCUT2D eigenvalue weighted by molar-refractivity contribution is 6.08. The van der Waals surface area contributed by atoms with Crippen molar-refractivity contribution in [2.45, 2.75) is 13.8 Å². The maximum Gasteiger partial charge on any atom is 0.338 e. The predicted octanol–water partition coefficient (Wildman–Crippen LogP) is 5.10. The number of rotatable bonds is 4. The van der Waals surface area contributed by atoms with Gasteiger partial charge in [0.15, 0.2) is 11.6 Å². The van der Waals surface area contributed by atoms with Crippen LogP contribution in [0.15, 0.2) is 66.8 Å². The van der Waals surface area contributed by atoms with Gasteiger partial charge in [0.2, 0.25) is 0 Å². The van der Waals surface area contributed by atoms with Crippen LogP contribution in [0.1, 0.15) is 13.8 Å². The van der Waals surface area contributed by atoms with Crippen molar-refractivity contribution < 1.29 is 23.5 Å². The van der Waals surface area contributed by atoms with Gasteiger partial charge in [0.25, 0.3) is 0 Å². The smallest absolute Gasteiger partial charge is 0.338 e. The Bertz CT molecular complexity index is 1130. The Kier molecular flexibility index (Phi) is 4.77. The van der Waals surface area contributed by atoms with Crippen LogP contribution in [0.5, 0.6) is 11.5 Å². The second kappa shape index (κ2) is 7.03.